The number of benzene rings is 1. The predicted molar refractivity (Wildman–Crippen MR) is 99.3 cm³/mol. The van der Waals surface area contributed by atoms with Crippen LogP contribution in [-0.2, 0) is 11.3 Å². The fraction of sp³-hybridized carbons (Fsp3) is 0.450. The fourth-order valence-corrected chi connectivity index (χ4v) is 3.73. The molecule has 0 bridgehead atoms. The van der Waals surface area contributed by atoms with Crippen LogP contribution in [0.15, 0.2) is 40.8 Å². The molecule has 2 aromatic rings. The van der Waals surface area contributed by atoms with Crippen LogP contribution < -0.4 is 0 Å². The number of hydrogen-bond donors (Lipinski definition) is 0. The Kier molecular flexibility index (Phi) is 5.29. The van der Waals surface area contributed by atoms with E-state index in [1.807, 2.05) is 30.3 Å². The quantitative estimate of drug-likeness (QED) is 0.817. The van der Waals surface area contributed by atoms with Gasteiger partial charge in [-0.15, -0.1) is 0 Å². The Labute approximate surface area is 158 Å². The molecule has 3 heterocycles. The first-order chi connectivity index (χ1) is 12.7. The SMILES string of the molecule is O=C(c1ccc(CN2CCCC2)o1)N1CCO[C@@H](c2ccc(Cl)cc2)C1. The molecule has 138 valence electrons. The zero-order chi connectivity index (χ0) is 17.9. The van der Waals surface area contributed by atoms with E-state index in [1.165, 1.54) is 12.8 Å². The molecule has 1 aromatic carbocycles. The minimum absolute atomic E-state index is 0.0695. The number of halogens is 1. The van der Waals surface area contributed by atoms with Gasteiger partial charge in [0.05, 0.1) is 19.7 Å². The molecule has 0 unspecified atom stereocenters. The summed E-state index contributed by atoms with van der Waals surface area (Å²) >= 11 is 5.95. The Hall–Kier alpha value is -1.82. The first kappa shape index (κ1) is 17.6. The van der Waals surface area contributed by atoms with Gasteiger partial charge in [-0.25, -0.2) is 0 Å². The zero-order valence-corrected chi connectivity index (χ0v) is 15.5. The van der Waals surface area contributed by atoms with Crippen LogP contribution in [0.25, 0.3) is 0 Å². The third-order valence-electron chi connectivity index (χ3n) is 5.05. The normalized spacial score (nSPS) is 21.3. The van der Waals surface area contributed by atoms with Crippen LogP contribution in [0.1, 0.15) is 40.8 Å². The summed E-state index contributed by atoms with van der Waals surface area (Å²) in [6.07, 6.45) is 2.35. The number of rotatable bonds is 4. The van der Waals surface area contributed by atoms with E-state index in [-0.39, 0.29) is 12.0 Å². The maximum absolute atomic E-state index is 12.8. The Bertz CT molecular complexity index is 753. The number of likely N-dealkylation sites (tertiary alicyclic amines) is 1. The number of amides is 1. The van der Waals surface area contributed by atoms with Gasteiger partial charge in [-0.2, -0.15) is 0 Å². The van der Waals surface area contributed by atoms with Gasteiger partial charge in [-0.05, 0) is 55.8 Å². The van der Waals surface area contributed by atoms with E-state index in [2.05, 4.69) is 4.90 Å². The Morgan fingerprint density at radius 1 is 1.08 bits per heavy atom. The molecular weight excluding hydrogens is 352 g/mol. The van der Waals surface area contributed by atoms with E-state index < -0.39 is 0 Å². The molecule has 2 aliphatic heterocycles. The van der Waals surface area contributed by atoms with Crippen LogP contribution in [0.2, 0.25) is 5.02 Å². The van der Waals surface area contributed by atoms with Gasteiger partial charge < -0.3 is 14.1 Å². The minimum atomic E-state index is -0.135. The van der Waals surface area contributed by atoms with Crippen molar-refractivity contribution < 1.29 is 13.9 Å². The third kappa shape index (κ3) is 3.95. The van der Waals surface area contributed by atoms with Gasteiger partial charge in [0.25, 0.3) is 5.91 Å². The van der Waals surface area contributed by atoms with Gasteiger partial charge in [-0.1, -0.05) is 23.7 Å². The standard InChI is InChI=1S/C20H23ClN2O3/c21-16-5-3-15(4-6-16)19-14-23(11-12-25-19)20(24)18-8-7-17(26-18)13-22-9-1-2-10-22/h3-8,19H,1-2,9-14H2/t19-/m1/s1. The second-order valence-electron chi connectivity index (χ2n) is 6.91. The van der Waals surface area contributed by atoms with Crippen molar-refractivity contribution in [1.29, 1.82) is 0 Å². The lowest BCUT2D eigenvalue weighted by Crippen LogP contribution is -2.42. The number of carbonyl (C=O) groups is 1. The van der Waals surface area contributed by atoms with Crippen molar-refractivity contribution in [2.24, 2.45) is 0 Å². The molecular formula is C20H23ClN2O3. The second-order valence-corrected chi connectivity index (χ2v) is 7.35. The molecule has 1 atom stereocenters. The largest absolute Gasteiger partial charge is 0.455 e. The van der Waals surface area contributed by atoms with E-state index in [1.54, 1.807) is 11.0 Å². The van der Waals surface area contributed by atoms with Gasteiger partial charge in [0, 0.05) is 11.6 Å². The Morgan fingerprint density at radius 2 is 1.85 bits per heavy atom. The molecule has 5 nitrogen and oxygen atoms in total. The molecule has 1 amide bonds. The van der Waals surface area contributed by atoms with Gasteiger partial charge in [-0.3, -0.25) is 9.69 Å². The highest BCUT2D eigenvalue weighted by molar-refractivity contribution is 6.30. The molecule has 0 saturated carbocycles. The zero-order valence-electron chi connectivity index (χ0n) is 14.7. The topological polar surface area (TPSA) is 45.9 Å². The monoisotopic (exact) mass is 374 g/mol. The third-order valence-corrected chi connectivity index (χ3v) is 5.30. The van der Waals surface area contributed by atoms with Crippen molar-refractivity contribution in [3.63, 3.8) is 0 Å². The first-order valence-electron chi connectivity index (χ1n) is 9.16. The molecule has 2 aliphatic rings. The number of carbonyl (C=O) groups excluding carboxylic acids is 1. The smallest absolute Gasteiger partial charge is 0.289 e. The molecule has 0 radical (unpaired) electrons. The van der Waals surface area contributed by atoms with Crippen molar-refractivity contribution >= 4 is 17.5 Å². The van der Waals surface area contributed by atoms with E-state index in [0.717, 1.165) is 31.0 Å². The van der Waals surface area contributed by atoms with Crippen LogP contribution in [0.3, 0.4) is 0 Å². The lowest BCUT2D eigenvalue weighted by atomic mass is 10.1. The van der Waals surface area contributed by atoms with Crippen LogP contribution in [-0.4, -0.2) is 48.5 Å². The summed E-state index contributed by atoms with van der Waals surface area (Å²) in [5.74, 6) is 1.20. The highest BCUT2D eigenvalue weighted by Crippen LogP contribution is 2.25. The average molecular weight is 375 g/mol. The van der Waals surface area contributed by atoms with Gasteiger partial charge >= 0.3 is 0 Å². The van der Waals surface area contributed by atoms with E-state index in [9.17, 15) is 4.79 Å². The fourth-order valence-electron chi connectivity index (χ4n) is 3.61. The van der Waals surface area contributed by atoms with Gasteiger partial charge in [0.15, 0.2) is 5.76 Å². The highest BCUT2D eigenvalue weighted by Gasteiger charge is 2.28. The summed E-state index contributed by atoms with van der Waals surface area (Å²) in [6, 6.07) is 11.3. The lowest BCUT2D eigenvalue weighted by molar-refractivity contribution is -0.0238. The average Bonchev–Trinajstić information content (AvgIpc) is 3.34. The maximum Gasteiger partial charge on any atom is 0.289 e. The summed E-state index contributed by atoms with van der Waals surface area (Å²) < 4.78 is 11.7. The Morgan fingerprint density at radius 3 is 2.62 bits per heavy atom. The number of hydrogen-bond acceptors (Lipinski definition) is 4. The van der Waals surface area contributed by atoms with Crippen LogP contribution >= 0.6 is 11.6 Å². The molecule has 0 spiro atoms. The van der Waals surface area contributed by atoms with Crippen LogP contribution in [0.4, 0.5) is 0 Å². The Balaban J connectivity index is 1.40. The summed E-state index contributed by atoms with van der Waals surface area (Å²) in [6.45, 7) is 4.60. The lowest BCUT2D eigenvalue weighted by Gasteiger charge is -2.32. The molecule has 26 heavy (non-hydrogen) atoms. The molecule has 4 rings (SSSR count). The van der Waals surface area contributed by atoms with Crippen molar-refractivity contribution in [2.45, 2.75) is 25.5 Å². The number of ether oxygens (including phenoxy) is 1. The molecule has 2 fully saturated rings. The van der Waals surface area contributed by atoms with Gasteiger partial charge in [0.2, 0.25) is 0 Å². The number of nitrogens with zero attached hydrogens (tertiary/aromatic N) is 2. The van der Waals surface area contributed by atoms with Crippen molar-refractivity contribution in [1.82, 2.24) is 9.80 Å². The summed E-state index contributed by atoms with van der Waals surface area (Å²) in [4.78, 5) is 17.0. The number of furan rings is 1. The summed E-state index contributed by atoms with van der Waals surface area (Å²) in [5.41, 5.74) is 1.03. The highest BCUT2D eigenvalue weighted by atomic mass is 35.5. The van der Waals surface area contributed by atoms with Crippen molar-refractivity contribution in [3.05, 3.63) is 58.5 Å². The molecule has 0 aliphatic carbocycles. The maximum atomic E-state index is 12.8. The van der Waals surface area contributed by atoms with Crippen molar-refractivity contribution in [2.75, 3.05) is 32.8 Å². The number of morpholine rings is 1. The first-order valence-corrected chi connectivity index (χ1v) is 9.54. The summed E-state index contributed by atoms with van der Waals surface area (Å²) in [7, 11) is 0. The van der Waals surface area contributed by atoms with E-state index >= 15 is 0 Å². The van der Waals surface area contributed by atoms with Crippen LogP contribution in [0.5, 0.6) is 0 Å². The van der Waals surface area contributed by atoms with E-state index in [4.69, 9.17) is 20.8 Å². The minimum Gasteiger partial charge on any atom is -0.455 e. The molecule has 1 aromatic heterocycles. The second kappa shape index (κ2) is 7.82. The van der Waals surface area contributed by atoms with E-state index in [0.29, 0.717) is 30.5 Å². The summed E-state index contributed by atoms with van der Waals surface area (Å²) in [5, 5.41) is 0.693. The molecule has 2 saturated heterocycles. The van der Waals surface area contributed by atoms with Crippen molar-refractivity contribution in [3.8, 4) is 0 Å². The predicted octanol–water partition coefficient (Wildman–Crippen LogP) is 3.74. The van der Waals surface area contributed by atoms with Gasteiger partial charge in [0.1, 0.15) is 11.9 Å². The molecule has 0 N–H and O–H groups in total. The van der Waals surface area contributed by atoms with Crippen LogP contribution in [0, 0.1) is 0 Å². The molecule has 6 heteroatoms.